The van der Waals surface area contributed by atoms with Gasteiger partial charge >= 0.3 is 5.97 Å². The smallest absolute Gasteiger partial charge is 0.354 e. The number of benzene rings is 1. The lowest BCUT2D eigenvalue weighted by Crippen LogP contribution is -2.07. The first kappa shape index (κ1) is 14.8. The summed E-state index contributed by atoms with van der Waals surface area (Å²) >= 11 is 0. The van der Waals surface area contributed by atoms with Crippen molar-refractivity contribution in [3.63, 3.8) is 0 Å². The Balaban J connectivity index is 2.25. The second-order valence-corrected chi connectivity index (χ2v) is 3.91. The van der Waals surface area contributed by atoms with E-state index in [4.69, 9.17) is 5.11 Å². The first-order valence-electron chi connectivity index (χ1n) is 5.55. The monoisotopic (exact) mass is 301 g/mol. The molecule has 0 unspecified atom stereocenters. The fourth-order valence-electron chi connectivity index (χ4n) is 1.50. The molecule has 1 heterocycles. The summed E-state index contributed by atoms with van der Waals surface area (Å²) in [5.41, 5.74) is -0.277. The van der Waals surface area contributed by atoms with Gasteiger partial charge in [0.1, 0.15) is 12.3 Å². The van der Waals surface area contributed by atoms with Crippen LogP contribution in [0.15, 0.2) is 24.3 Å². The minimum absolute atomic E-state index is 0.0263. The summed E-state index contributed by atoms with van der Waals surface area (Å²) < 4.78 is 57.2. The third-order valence-electron chi connectivity index (χ3n) is 2.46. The fraction of sp³-hybridized carbons (Fsp3) is 0.0769. The number of hydrogen-bond acceptors (Lipinski definition) is 3. The molecule has 1 N–H and O–H groups in total. The van der Waals surface area contributed by atoms with Gasteiger partial charge in [-0.2, -0.15) is 8.78 Å². The lowest BCUT2D eigenvalue weighted by Gasteiger charge is -2.09. The van der Waals surface area contributed by atoms with Crippen LogP contribution in [-0.2, 0) is 6.61 Å². The topological polar surface area (TPSA) is 59.4 Å². The van der Waals surface area contributed by atoms with E-state index in [1.165, 1.54) is 18.2 Å². The molecule has 0 saturated carbocycles. The average molecular weight is 301 g/mol. The zero-order chi connectivity index (χ0) is 15.6. The van der Waals surface area contributed by atoms with Crippen molar-refractivity contribution in [3.05, 3.63) is 58.9 Å². The van der Waals surface area contributed by atoms with Gasteiger partial charge in [0, 0.05) is 6.07 Å². The number of pyridine rings is 1. The SMILES string of the molecule is O=C(O)c1cccc(COc2c(F)c(F)cc(F)c2F)n1. The summed E-state index contributed by atoms with van der Waals surface area (Å²) in [6.07, 6.45) is 0. The maximum atomic E-state index is 13.3. The van der Waals surface area contributed by atoms with Crippen LogP contribution in [0.2, 0.25) is 0 Å². The van der Waals surface area contributed by atoms with Crippen molar-refractivity contribution in [2.75, 3.05) is 0 Å². The maximum Gasteiger partial charge on any atom is 0.354 e. The summed E-state index contributed by atoms with van der Waals surface area (Å²) in [5.74, 6) is -9.08. The summed E-state index contributed by atoms with van der Waals surface area (Å²) in [6.45, 7) is -0.558. The highest BCUT2D eigenvalue weighted by Gasteiger charge is 2.20. The van der Waals surface area contributed by atoms with Crippen LogP contribution >= 0.6 is 0 Å². The molecule has 0 spiro atoms. The number of hydrogen-bond donors (Lipinski definition) is 1. The predicted octanol–water partition coefficient (Wildman–Crippen LogP) is 2.92. The molecular weight excluding hydrogens is 294 g/mol. The first-order chi connectivity index (χ1) is 9.90. The van der Waals surface area contributed by atoms with Crippen LogP contribution in [-0.4, -0.2) is 16.1 Å². The van der Waals surface area contributed by atoms with Gasteiger partial charge in [-0.25, -0.2) is 18.6 Å². The highest BCUT2D eigenvalue weighted by atomic mass is 19.2. The minimum atomic E-state index is -1.68. The fourth-order valence-corrected chi connectivity index (χ4v) is 1.50. The van der Waals surface area contributed by atoms with Crippen LogP contribution < -0.4 is 4.74 Å². The number of rotatable bonds is 4. The Morgan fingerprint density at radius 1 is 1.14 bits per heavy atom. The third kappa shape index (κ3) is 3.10. The minimum Gasteiger partial charge on any atom is -0.481 e. The average Bonchev–Trinajstić information content (AvgIpc) is 2.45. The molecule has 0 fully saturated rings. The van der Waals surface area contributed by atoms with Crippen molar-refractivity contribution in [1.29, 1.82) is 0 Å². The molecule has 4 nitrogen and oxygen atoms in total. The van der Waals surface area contributed by atoms with E-state index in [2.05, 4.69) is 9.72 Å². The second kappa shape index (κ2) is 5.78. The van der Waals surface area contributed by atoms with Crippen molar-refractivity contribution < 1.29 is 32.2 Å². The lowest BCUT2D eigenvalue weighted by atomic mass is 10.3. The highest BCUT2D eigenvalue weighted by Crippen LogP contribution is 2.27. The molecule has 0 amide bonds. The number of nitrogens with zero attached hydrogens (tertiary/aromatic N) is 1. The van der Waals surface area contributed by atoms with E-state index in [0.717, 1.165) is 0 Å². The zero-order valence-corrected chi connectivity index (χ0v) is 10.2. The first-order valence-corrected chi connectivity index (χ1v) is 5.55. The van der Waals surface area contributed by atoms with Crippen molar-refractivity contribution in [3.8, 4) is 5.75 Å². The highest BCUT2D eigenvalue weighted by molar-refractivity contribution is 5.85. The molecule has 0 saturated heterocycles. The number of carbonyl (C=O) groups is 1. The lowest BCUT2D eigenvalue weighted by molar-refractivity contribution is 0.0690. The van der Waals surface area contributed by atoms with Crippen LogP contribution in [0.5, 0.6) is 5.75 Å². The molecule has 0 aliphatic heterocycles. The number of ether oxygens (including phenoxy) is 1. The number of aromatic nitrogens is 1. The molecule has 0 bridgehead atoms. The van der Waals surface area contributed by atoms with Crippen molar-refractivity contribution in [2.24, 2.45) is 0 Å². The van der Waals surface area contributed by atoms with Gasteiger partial charge in [-0.3, -0.25) is 0 Å². The molecule has 2 aromatic rings. The number of carboxylic acid groups (broad SMARTS) is 1. The van der Waals surface area contributed by atoms with Gasteiger partial charge in [-0.1, -0.05) is 6.07 Å². The van der Waals surface area contributed by atoms with E-state index in [-0.39, 0.29) is 17.5 Å². The quantitative estimate of drug-likeness (QED) is 0.697. The van der Waals surface area contributed by atoms with E-state index in [1.54, 1.807) is 0 Å². The van der Waals surface area contributed by atoms with Crippen molar-refractivity contribution in [1.82, 2.24) is 4.98 Å². The Labute approximate surface area is 115 Å². The molecule has 0 aliphatic carbocycles. The summed E-state index contributed by atoms with van der Waals surface area (Å²) in [6, 6.07) is 3.93. The Hall–Kier alpha value is -2.64. The molecular formula is C13H7F4NO3. The Kier molecular flexibility index (Phi) is 4.06. The molecule has 110 valence electrons. The van der Waals surface area contributed by atoms with Gasteiger partial charge in [-0.05, 0) is 12.1 Å². The number of carboxylic acids is 1. The van der Waals surface area contributed by atoms with E-state index >= 15 is 0 Å². The third-order valence-corrected chi connectivity index (χ3v) is 2.46. The molecule has 1 aromatic heterocycles. The van der Waals surface area contributed by atoms with Gasteiger partial charge in [0.2, 0.25) is 11.6 Å². The Morgan fingerprint density at radius 3 is 2.33 bits per heavy atom. The van der Waals surface area contributed by atoms with E-state index < -0.39 is 41.6 Å². The van der Waals surface area contributed by atoms with Crippen molar-refractivity contribution in [2.45, 2.75) is 6.61 Å². The van der Waals surface area contributed by atoms with Crippen molar-refractivity contribution >= 4 is 5.97 Å². The van der Waals surface area contributed by atoms with Gasteiger partial charge in [0.25, 0.3) is 0 Å². The molecule has 0 atom stereocenters. The van der Waals surface area contributed by atoms with Crippen LogP contribution in [0, 0.1) is 23.3 Å². The molecule has 0 radical (unpaired) electrons. The normalized spacial score (nSPS) is 10.5. The molecule has 2 rings (SSSR count). The molecule has 8 heteroatoms. The summed E-state index contributed by atoms with van der Waals surface area (Å²) in [7, 11) is 0. The van der Waals surface area contributed by atoms with Crippen LogP contribution in [0.4, 0.5) is 17.6 Å². The van der Waals surface area contributed by atoms with Gasteiger partial charge < -0.3 is 9.84 Å². The standard InChI is InChI=1S/C13H7F4NO3/c14-7-4-8(15)11(17)12(10(7)16)21-5-6-2-1-3-9(18-6)13(19)20/h1-4H,5H2,(H,19,20). The Morgan fingerprint density at radius 2 is 1.76 bits per heavy atom. The zero-order valence-electron chi connectivity index (χ0n) is 10.2. The number of aromatic carboxylic acids is 1. The second-order valence-electron chi connectivity index (χ2n) is 3.91. The summed E-state index contributed by atoms with van der Waals surface area (Å²) in [5, 5.41) is 8.73. The summed E-state index contributed by atoms with van der Waals surface area (Å²) in [4.78, 5) is 14.3. The van der Waals surface area contributed by atoms with Crippen LogP contribution in [0.25, 0.3) is 0 Å². The molecule has 1 aromatic carbocycles. The number of halogens is 4. The Bertz CT molecular complexity index is 680. The van der Waals surface area contributed by atoms with E-state index in [1.807, 2.05) is 0 Å². The van der Waals surface area contributed by atoms with Crippen LogP contribution in [0.1, 0.15) is 16.2 Å². The van der Waals surface area contributed by atoms with Gasteiger partial charge in [0.15, 0.2) is 17.4 Å². The van der Waals surface area contributed by atoms with E-state index in [0.29, 0.717) is 0 Å². The van der Waals surface area contributed by atoms with Gasteiger partial charge in [-0.15, -0.1) is 0 Å². The predicted molar refractivity (Wildman–Crippen MR) is 61.8 cm³/mol. The molecule has 0 aliphatic rings. The van der Waals surface area contributed by atoms with Gasteiger partial charge in [0.05, 0.1) is 5.69 Å². The van der Waals surface area contributed by atoms with E-state index in [9.17, 15) is 22.4 Å². The largest absolute Gasteiger partial charge is 0.481 e. The van der Waals surface area contributed by atoms with Crippen LogP contribution in [0.3, 0.4) is 0 Å². The molecule has 21 heavy (non-hydrogen) atoms. The maximum absolute atomic E-state index is 13.3.